The molecule has 2 aliphatic rings. The van der Waals surface area contributed by atoms with Gasteiger partial charge < -0.3 is 20.9 Å². The van der Waals surface area contributed by atoms with Crippen LogP contribution in [0.3, 0.4) is 0 Å². The van der Waals surface area contributed by atoms with E-state index < -0.39 is 28.5 Å². The zero-order valence-electron chi connectivity index (χ0n) is 17.1. The first-order chi connectivity index (χ1) is 15.3. The Hall–Kier alpha value is -3.67. The summed E-state index contributed by atoms with van der Waals surface area (Å²) in [6, 6.07) is 3.48. The minimum Gasteiger partial charge on any atom is -0.368 e. The van der Waals surface area contributed by atoms with Gasteiger partial charge in [0.25, 0.3) is 0 Å². The lowest BCUT2D eigenvalue weighted by molar-refractivity contribution is 0.503. The van der Waals surface area contributed by atoms with Crippen molar-refractivity contribution in [2.45, 2.75) is 19.9 Å². The quantitative estimate of drug-likeness (QED) is 0.551. The second-order valence-electron chi connectivity index (χ2n) is 7.40. The molecule has 0 saturated heterocycles. The number of hydrogen-bond acceptors (Lipinski definition) is 8. The number of halogens is 2. The zero-order valence-corrected chi connectivity index (χ0v) is 17.9. The predicted octanol–water partition coefficient (Wildman–Crippen LogP) is 2.72. The molecule has 2 unspecified atom stereocenters. The van der Waals surface area contributed by atoms with Crippen molar-refractivity contribution in [1.82, 2.24) is 24.8 Å². The first-order valence-corrected chi connectivity index (χ1v) is 10.9. The van der Waals surface area contributed by atoms with Crippen molar-refractivity contribution in [3.05, 3.63) is 58.5 Å². The van der Waals surface area contributed by atoms with Crippen LogP contribution in [0.1, 0.15) is 19.4 Å². The second-order valence-corrected chi connectivity index (χ2v) is 8.60. The number of hydrogen-bond donors (Lipinski definition) is 3. The van der Waals surface area contributed by atoms with Crippen molar-refractivity contribution >= 4 is 44.5 Å². The maximum Gasteiger partial charge on any atom is 0.224 e. The van der Waals surface area contributed by atoms with E-state index in [-0.39, 0.29) is 18.1 Å². The zero-order chi connectivity index (χ0) is 22.6. The largest absolute Gasteiger partial charge is 0.368 e. The highest BCUT2D eigenvalue weighted by Gasteiger charge is 2.34. The molecule has 4 heterocycles. The van der Waals surface area contributed by atoms with Gasteiger partial charge in [-0.25, -0.2) is 23.0 Å². The van der Waals surface area contributed by atoms with Gasteiger partial charge in [-0.15, -0.1) is 0 Å². The molecule has 0 bridgehead atoms. The van der Waals surface area contributed by atoms with E-state index >= 15 is 0 Å². The van der Waals surface area contributed by atoms with E-state index in [1.165, 1.54) is 18.5 Å². The molecule has 0 aliphatic carbocycles. The third-order valence-electron chi connectivity index (χ3n) is 5.30. The summed E-state index contributed by atoms with van der Waals surface area (Å²) in [4.78, 5) is 21.7. The molecule has 2 aromatic heterocycles. The number of nitrogen functional groups attached to an aromatic ring is 1. The van der Waals surface area contributed by atoms with E-state index in [1.54, 1.807) is 24.2 Å². The minimum absolute atomic E-state index is 0.0301. The molecule has 2 atom stereocenters. The van der Waals surface area contributed by atoms with Crippen molar-refractivity contribution in [3.8, 4) is 0 Å². The summed E-state index contributed by atoms with van der Waals surface area (Å²) in [6.45, 7) is 3.79. The minimum atomic E-state index is -1.43. The van der Waals surface area contributed by atoms with Crippen LogP contribution >= 0.6 is 0 Å². The Bertz CT molecular complexity index is 1380. The third kappa shape index (κ3) is 3.23. The number of rotatable bonds is 4. The highest BCUT2D eigenvalue weighted by molar-refractivity contribution is 8.03. The molecule has 5 rings (SSSR count). The second kappa shape index (κ2) is 7.48. The molecule has 0 radical (unpaired) electrons. The molecule has 164 valence electrons. The van der Waals surface area contributed by atoms with Crippen LogP contribution < -0.4 is 11.1 Å². The summed E-state index contributed by atoms with van der Waals surface area (Å²) >= 11 is 0. The van der Waals surface area contributed by atoms with Crippen LogP contribution in [0, 0.1) is 11.6 Å². The summed E-state index contributed by atoms with van der Waals surface area (Å²) in [5, 5.41) is 5.13. The molecule has 32 heavy (non-hydrogen) atoms. The monoisotopic (exact) mass is 456 g/mol. The lowest BCUT2D eigenvalue weighted by Crippen LogP contribution is -2.35. The molecule has 12 heteroatoms. The molecule has 0 spiro atoms. The predicted molar refractivity (Wildman–Crippen MR) is 118 cm³/mol. The van der Waals surface area contributed by atoms with E-state index in [0.717, 1.165) is 11.8 Å². The Morgan fingerprint density at radius 1 is 1.31 bits per heavy atom. The van der Waals surface area contributed by atoms with Crippen LogP contribution in [0.25, 0.3) is 16.7 Å². The van der Waals surface area contributed by atoms with Crippen molar-refractivity contribution in [1.29, 1.82) is 0 Å². The standard InChI is InChI=1S/C20H18F2N8OS/c1-9-7-32(31)20-27-15(12(6-30(9)20)11-4-3-5-13(21)14(11)22)10(2)26-18-16-17(25-8-24-16)28-19(23)29-18/h3-5,7-8,10H,6H2,1-2H3,(H4,23,24,25,26,28,29). The van der Waals surface area contributed by atoms with Gasteiger partial charge in [0, 0.05) is 22.2 Å². The van der Waals surface area contributed by atoms with Crippen molar-refractivity contribution in [2.24, 2.45) is 4.99 Å². The molecular formula is C20H18F2N8OS. The summed E-state index contributed by atoms with van der Waals surface area (Å²) in [6.07, 6.45) is 1.47. The summed E-state index contributed by atoms with van der Waals surface area (Å²) in [7, 11) is -1.43. The maximum atomic E-state index is 14.8. The van der Waals surface area contributed by atoms with E-state index in [2.05, 4.69) is 30.2 Å². The number of nitrogens with one attached hydrogen (secondary N) is 2. The number of imidazole rings is 1. The molecule has 3 aromatic rings. The van der Waals surface area contributed by atoms with E-state index in [1.807, 2.05) is 0 Å². The van der Waals surface area contributed by atoms with E-state index in [0.29, 0.717) is 33.4 Å². The van der Waals surface area contributed by atoms with Crippen LogP contribution in [-0.2, 0) is 10.8 Å². The SMILES string of the molecule is CC1=CS(=O)C2=NC(C(C)Nc3nc(N)nc4nc[nH]c34)=C(c3cccc(F)c3F)CN12. The number of nitrogens with zero attached hydrogens (tertiary/aromatic N) is 5. The van der Waals surface area contributed by atoms with Crippen LogP contribution in [0.4, 0.5) is 20.5 Å². The number of benzene rings is 1. The molecule has 9 nitrogen and oxygen atoms in total. The van der Waals surface area contributed by atoms with Gasteiger partial charge in [0.15, 0.2) is 23.1 Å². The van der Waals surface area contributed by atoms with Gasteiger partial charge in [0.2, 0.25) is 11.1 Å². The molecule has 2 aliphatic heterocycles. The number of allylic oxidation sites excluding steroid dienone is 1. The maximum absolute atomic E-state index is 14.8. The smallest absolute Gasteiger partial charge is 0.224 e. The Labute approximate surface area is 183 Å². The number of aromatic nitrogens is 4. The molecular weight excluding hydrogens is 438 g/mol. The molecule has 0 saturated carbocycles. The highest BCUT2D eigenvalue weighted by atomic mass is 32.2. The number of anilines is 2. The number of fused-ring (bicyclic) bond motifs is 2. The first-order valence-electron chi connectivity index (χ1n) is 9.69. The van der Waals surface area contributed by atoms with E-state index in [9.17, 15) is 13.0 Å². The average Bonchev–Trinajstić information content (AvgIpc) is 3.33. The fourth-order valence-electron chi connectivity index (χ4n) is 3.78. The fourth-order valence-corrected chi connectivity index (χ4v) is 4.94. The topological polar surface area (TPSA) is 125 Å². The average molecular weight is 456 g/mol. The van der Waals surface area contributed by atoms with Gasteiger partial charge in [-0.1, -0.05) is 12.1 Å². The van der Waals surface area contributed by atoms with E-state index in [4.69, 9.17) is 5.73 Å². The van der Waals surface area contributed by atoms with Gasteiger partial charge in [-0.3, -0.25) is 0 Å². The van der Waals surface area contributed by atoms with Crippen molar-refractivity contribution in [2.75, 3.05) is 17.6 Å². The molecule has 0 fully saturated rings. The van der Waals surface area contributed by atoms with Gasteiger partial charge in [-0.2, -0.15) is 9.97 Å². The normalized spacial score (nSPS) is 19.1. The Morgan fingerprint density at radius 2 is 2.12 bits per heavy atom. The molecule has 4 N–H and O–H groups in total. The highest BCUT2D eigenvalue weighted by Crippen LogP contribution is 2.35. The Balaban J connectivity index is 1.63. The van der Waals surface area contributed by atoms with Gasteiger partial charge in [0.1, 0.15) is 16.3 Å². The molecule has 1 aromatic carbocycles. The number of aromatic amines is 1. The van der Waals surface area contributed by atoms with Gasteiger partial charge >= 0.3 is 0 Å². The van der Waals surface area contributed by atoms with Crippen LogP contribution in [0.5, 0.6) is 0 Å². The van der Waals surface area contributed by atoms with Gasteiger partial charge in [-0.05, 0) is 19.9 Å². The summed E-state index contributed by atoms with van der Waals surface area (Å²) in [5.41, 5.74) is 8.44. The van der Waals surface area contributed by atoms with Crippen LogP contribution in [0.15, 0.2) is 46.3 Å². The lowest BCUT2D eigenvalue weighted by atomic mass is 9.98. The number of amidine groups is 1. The van der Waals surface area contributed by atoms with Crippen LogP contribution in [0.2, 0.25) is 0 Å². The van der Waals surface area contributed by atoms with Gasteiger partial charge in [0.05, 0.1) is 24.6 Å². The van der Waals surface area contributed by atoms with Crippen molar-refractivity contribution in [3.63, 3.8) is 0 Å². The lowest BCUT2D eigenvalue weighted by Gasteiger charge is -2.30. The van der Waals surface area contributed by atoms with Crippen molar-refractivity contribution < 1.29 is 13.0 Å². The summed E-state index contributed by atoms with van der Waals surface area (Å²) < 4.78 is 41.3. The Morgan fingerprint density at radius 3 is 2.94 bits per heavy atom. The number of aliphatic imine (C=N–C) groups is 1. The Kier molecular flexibility index (Phi) is 4.73. The summed E-state index contributed by atoms with van der Waals surface area (Å²) in [5.74, 6) is -1.50. The molecule has 0 amide bonds. The van der Waals surface area contributed by atoms with Crippen LogP contribution in [-0.4, -0.2) is 46.8 Å². The fraction of sp³-hybridized carbons (Fsp3) is 0.200. The number of H-pyrrole nitrogens is 1. The number of nitrogens with two attached hydrogens (primary N) is 1. The third-order valence-corrected chi connectivity index (χ3v) is 6.53. The first kappa shape index (κ1) is 20.2.